The topological polar surface area (TPSA) is 20.2 Å². The molecule has 0 unspecified atom stereocenters. The monoisotopic (exact) mass is 178 g/mol. The van der Waals surface area contributed by atoms with Crippen LogP contribution in [0.2, 0.25) is 0 Å². The van der Waals surface area contributed by atoms with E-state index in [-0.39, 0.29) is 6.10 Å². The molecule has 1 heteroatoms. The Bertz CT molecular complexity index is 199. The molecule has 1 saturated carbocycles. The molecule has 0 saturated heterocycles. The van der Waals surface area contributed by atoms with Crippen LogP contribution in [0.15, 0.2) is 24.3 Å². The molecule has 0 aromatic carbocycles. The number of aliphatic hydroxyl groups is 1. The Hall–Kier alpha value is -0.560. The summed E-state index contributed by atoms with van der Waals surface area (Å²) < 4.78 is 0. The van der Waals surface area contributed by atoms with Crippen LogP contribution in [0.3, 0.4) is 0 Å². The van der Waals surface area contributed by atoms with Gasteiger partial charge in [-0.3, -0.25) is 0 Å². The van der Waals surface area contributed by atoms with Crippen molar-refractivity contribution in [2.75, 3.05) is 0 Å². The maximum absolute atomic E-state index is 10.1. The van der Waals surface area contributed by atoms with E-state index < -0.39 is 0 Å². The third kappa shape index (κ3) is 2.02. The van der Waals surface area contributed by atoms with E-state index in [9.17, 15) is 5.11 Å². The number of allylic oxidation sites excluding steroid dienone is 2. The summed E-state index contributed by atoms with van der Waals surface area (Å²) in [6.45, 7) is 0. The highest BCUT2D eigenvalue weighted by molar-refractivity contribution is 5.19. The van der Waals surface area contributed by atoms with Crippen LogP contribution in [-0.2, 0) is 0 Å². The molecular weight excluding hydrogens is 160 g/mol. The van der Waals surface area contributed by atoms with Gasteiger partial charge in [0.1, 0.15) is 0 Å². The zero-order valence-electron chi connectivity index (χ0n) is 8.02. The fourth-order valence-electron chi connectivity index (χ4n) is 2.47. The summed E-state index contributed by atoms with van der Waals surface area (Å²) in [7, 11) is 0. The van der Waals surface area contributed by atoms with Crippen molar-refractivity contribution < 1.29 is 5.11 Å². The Morgan fingerprint density at radius 3 is 2.23 bits per heavy atom. The van der Waals surface area contributed by atoms with E-state index in [1.807, 2.05) is 12.2 Å². The maximum atomic E-state index is 10.1. The van der Waals surface area contributed by atoms with Gasteiger partial charge in [0.25, 0.3) is 0 Å². The van der Waals surface area contributed by atoms with Crippen LogP contribution in [0.4, 0.5) is 0 Å². The van der Waals surface area contributed by atoms with Crippen molar-refractivity contribution in [3.8, 4) is 0 Å². The number of hydrogen-bond acceptors (Lipinski definition) is 1. The van der Waals surface area contributed by atoms with Gasteiger partial charge >= 0.3 is 0 Å². The fraction of sp³-hybridized carbons (Fsp3) is 0.667. The average Bonchev–Trinajstić information content (AvgIpc) is 2.71. The van der Waals surface area contributed by atoms with Crippen molar-refractivity contribution >= 4 is 0 Å². The Kier molecular flexibility index (Phi) is 2.84. The molecule has 0 bridgehead atoms. The van der Waals surface area contributed by atoms with E-state index in [4.69, 9.17) is 0 Å². The van der Waals surface area contributed by atoms with E-state index in [1.54, 1.807) is 0 Å². The van der Waals surface area contributed by atoms with Gasteiger partial charge in [-0.05, 0) is 18.8 Å². The Labute approximate surface area is 80.2 Å². The molecule has 1 nitrogen and oxygen atoms in total. The first-order valence-electron chi connectivity index (χ1n) is 5.41. The number of rotatable bonds is 2. The highest BCUT2D eigenvalue weighted by Crippen LogP contribution is 2.31. The van der Waals surface area contributed by atoms with Gasteiger partial charge in [-0.25, -0.2) is 0 Å². The van der Waals surface area contributed by atoms with Gasteiger partial charge in [0.15, 0.2) is 0 Å². The first-order chi connectivity index (χ1) is 6.38. The highest BCUT2D eigenvalue weighted by atomic mass is 16.3. The normalized spacial score (nSPS) is 26.8. The van der Waals surface area contributed by atoms with Crippen molar-refractivity contribution in [1.29, 1.82) is 0 Å². The Balaban J connectivity index is 1.91. The Morgan fingerprint density at radius 1 is 1.00 bits per heavy atom. The van der Waals surface area contributed by atoms with Gasteiger partial charge in [-0.1, -0.05) is 43.6 Å². The van der Waals surface area contributed by atoms with Gasteiger partial charge < -0.3 is 5.11 Å². The fourth-order valence-corrected chi connectivity index (χ4v) is 2.47. The average molecular weight is 178 g/mol. The SMILES string of the molecule is O[C@@H](C1C=CC=C1)C1CCCCC1. The van der Waals surface area contributed by atoms with Gasteiger partial charge in [0, 0.05) is 5.92 Å². The predicted molar refractivity (Wildman–Crippen MR) is 54.4 cm³/mol. The van der Waals surface area contributed by atoms with Crippen molar-refractivity contribution in [3.05, 3.63) is 24.3 Å². The van der Waals surface area contributed by atoms with Crippen LogP contribution >= 0.6 is 0 Å². The van der Waals surface area contributed by atoms with Gasteiger partial charge in [0.05, 0.1) is 6.10 Å². The molecule has 1 atom stereocenters. The summed E-state index contributed by atoms with van der Waals surface area (Å²) >= 11 is 0. The van der Waals surface area contributed by atoms with Crippen molar-refractivity contribution in [1.82, 2.24) is 0 Å². The molecule has 1 N–H and O–H groups in total. The summed E-state index contributed by atoms with van der Waals surface area (Å²) in [5.41, 5.74) is 0. The lowest BCUT2D eigenvalue weighted by atomic mass is 9.81. The smallest absolute Gasteiger partial charge is 0.0665 e. The van der Waals surface area contributed by atoms with Crippen LogP contribution < -0.4 is 0 Å². The first-order valence-corrected chi connectivity index (χ1v) is 5.41. The Morgan fingerprint density at radius 2 is 1.62 bits per heavy atom. The second-order valence-corrected chi connectivity index (χ2v) is 4.24. The summed E-state index contributed by atoms with van der Waals surface area (Å²) in [5.74, 6) is 0.842. The molecule has 0 spiro atoms. The molecule has 1 fully saturated rings. The molecule has 13 heavy (non-hydrogen) atoms. The summed E-state index contributed by atoms with van der Waals surface area (Å²) in [4.78, 5) is 0. The van der Waals surface area contributed by atoms with E-state index in [2.05, 4.69) is 12.2 Å². The minimum absolute atomic E-state index is 0.129. The molecule has 0 radical (unpaired) electrons. The summed E-state index contributed by atoms with van der Waals surface area (Å²) in [5, 5.41) is 10.1. The van der Waals surface area contributed by atoms with E-state index in [0.29, 0.717) is 11.8 Å². The van der Waals surface area contributed by atoms with Crippen LogP contribution in [-0.4, -0.2) is 11.2 Å². The minimum Gasteiger partial charge on any atom is -0.392 e. The molecule has 0 heterocycles. The third-order valence-corrected chi connectivity index (χ3v) is 3.30. The predicted octanol–water partition coefficient (Wildman–Crippen LogP) is 2.67. The van der Waals surface area contributed by atoms with Crippen LogP contribution in [0.5, 0.6) is 0 Å². The zero-order chi connectivity index (χ0) is 9.10. The van der Waals surface area contributed by atoms with E-state index >= 15 is 0 Å². The molecule has 0 aromatic heterocycles. The molecule has 0 aromatic rings. The van der Waals surface area contributed by atoms with Crippen LogP contribution in [0.25, 0.3) is 0 Å². The second-order valence-electron chi connectivity index (χ2n) is 4.24. The van der Waals surface area contributed by atoms with Crippen molar-refractivity contribution in [2.24, 2.45) is 11.8 Å². The summed E-state index contributed by atoms with van der Waals surface area (Å²) in [6, 6.07) is 0. The lowest BCUT2D eigenvalue weighted by molar-refractivity contribution is 0.0647. The molecule has 2 aliphatic rings. The molecular formula is C12H18O. The minimum atomic E-state index is -0.129. The number of hydrogen-bond donors (Lipinski definition) is 1. The molecule has 0 aliphatic heterocycles. The van der Waals surface area contributed by atoms with Gasteiger partial charge in [-0.2, -0.15) is 0 Å². The molecule has 0 amide bonds. The molecule has 2 aliphatic carbocycles. The standard InChI is InChI=1S/C12H18O/c13-12(11-8-4-5-9-11)10-6-2-1-3-7-10/h4-5,8-13H,1-3,6-7H2/t12-/m1/s1. The lowest BCUT2D eigenvalue weighted by Gasteiger charge is -2.28. The van der Waals surface area contributed by atoms with Gasteiger partial charge in [0.2, 0.25) is 0 Å². The van der Waals surface area contributed by atoms with Crippen molar-refractivity contribution in [2.45, 2.75) is 38.2 Å². The molecule has 2 rings (SSSR count). The largest absolute Gasteiger partial charge is 0.392 e. The lowest BCUT2D eigenvalue weighted by Crippen LogP contribution is -2.28. The first kappa shape index (κ1) is 9.01. The third-order valence-electron chi connectivity index (χ3n) is 3.30. The van der Waals surface area contributed by atoms with Crippen LogP contribution in [0, 0.1) is 11.8 Å². The van der Waals surface area contributed by atoms with Crippen LogP contribution in [0.1, 0.15) is 32.1 Å². The van der Waals surface area contributed by atoms with Gasteiger partial charge in [-0.15, -0.1) is 0 Å². The van der Waals surface area contributed by atoms with Crippen molar-refractivity contribution in [3.63, 3.8) is 0 Å². The van der Waals surface area contributed by atoms with E-state index in [0.717, 1.165) is 0 Å². The second kappa shape index (κ2) is 4.10. The quantitative estimate of drug-likeness (QED) is 0.689. The zero-order valence-corrected chi connectivity index (χ0v) is 8.02. The highest BCUT2D eigenvalue weighted by Gasteiger charge is 2.26. The molecule has 72 valence electrons. The van der Waals surface area contributed by atoms with E-state index in [1.165, 1.54) is 32.1 Å². The maximum Gasteiger partial charge on any atom is 0.0665 e. The number of aliphatic hydroxyl groups excluding tert-OH is 1. The summed E-state index contributed by atoms with van der Waals surface area (Å²) in [6.07, 6.45) is 14.6.